The van der Waals surface area contributed by atoms with Gasteiger partial charge in [0.15, 0.2) is 0 Å². The molecule has 0 saturated heterocycles. The fourth-order valence-corrected chi connectivity index (χ4v) is 1.04. The van der Waals surface area contributed by atoms with Gasteiger partial charge in [0.05, 0.1) is 6.20 Å². The highest BCUT2D eigenvalue weighted by atomic mass is 15.3. The number of hydrogen-bond acceptors (Lipinski definition) is 3. The van der Waals surface area contributed by atoms with Gasteiger partial charge in [-0.15, -0.1) is 0 Å². The molecule has 0 aromatic carbocycles. The van der Waals surface area contributed by atoms with Crippen LogP contribution in [-0.4, -0.2) is 20.4 Å². The maximum atomic E-state index is 4.06. The summed E-state index contributed by atoms with van der Waals surface area (Å²) in [5, 5.41) is 10.2. The molecule has 1 N–H and O–H groups in total. The Morgan fingerprint density at radius 2 is 2.17 bits per heavy atom. The second-order valence-corrected chi connectivity index (χ2v) is 2.61. The van der Waals surface area contributed by atoms with Crippen LogP contribution < -0.4 is 0 Å². The van der Waals surface area contributed by atoms with E-state index in [-0.39, 0.29) is 0 Å². The van der Waals surface area contributed by atoms with Crippen LogP contribution in [0.5, 0.6) is 0 Å². The van der Waals surface area contributed by atoms with E-state index in [1.165, 1.54) is 0 Å². The molecule has 2 rings (SSSR count). The third kappa shape index (κ3) is 1.18. The van der Waals surface area contributed by atoms with E-state index in [1.807, 2.05) is 19.2 Å². The number of nitrogens with zero attached hydrogens (tertiary/aromatic N) is 3. The molecule has 0 aliphatic carbocycles. The molecule has 2 heterocycles. The van der Waals surface area contributed by atoms with Crippen LogP contribution in [0.15, 0.2) is 24.7 Å². The quantitative estimate of drug-likeness (QED) is 0.681. The Balaban J connectivity index is 2.48. The summed E-state index contributed by atoms with van der Waals surface area (Å²) in [5.74, 6) is 0. The summed E-state index contributed by atoms with van der Waals surface area (Å²) in [6.45, 7) is 2.00. The first-order valence-corrected chi connectivity index (χ1v) is 3.64. The Hall–Kier alpha value is -1.71. The normalized spacial score (nSPS) is 10.1. The van der Waals surface area contributed by atoms with Gasteiger partial charge >= 0.3 is 0 Å². The lowest BCUT2D eigenvalue weighted by Gasteiger charge is -1.94. The molecule has 0 aliphatic rings. The minimum atomic E-state index is 0.825. The Labute approximate surface area is 69.7 Å². The number of rotatable bonds is 1. The van der Waals surface area contributed by atoms with Crippen LogP contribution in [0, 0.1) is 6.92 Å². The SMILES string of the molecule is Cc1cncc(-c2cn[nH]n2)c1. The maximum absolute atomic E-state index is 4.06. The van der Waals surface area contributed by atoms with E-state index in [4.69, 9.17) is 0 Å². The predicted molar refractivity (Wildman–Crippen MR) is 44.4 cm³/mol. The smallest absolute Gasteiger partial charge is 0.114 e. The molecule has 0 bridgehead atoms. The lowest BCUT2D eigenvalue weighted by Crippen LogP contribution is -1.81. The number of aromatic amines is 1. The van der Waals surface area contributed by atoms with Crippen molar-refractivity contribution in [3.05, 3.63) is 30.2 Å². The average molecular weight is 160 g/mol. The molecular formula is C8H8N4. The summed E-state index contributed by atoms with van der Waals surface area (Å²) >= 11 is 0. The second-order valence-electron chi connectivity index (χ2n) is 2.61. The monoisotopic (exact) mass is 160 g/mol. The zero-order valence-corrected chi connectivity index (χ0v) is 6.65. The number of H-pyrrole nitrogens is 1. The van der Waals surface area contributed by atoms with E-state index in [2.05, 4.69) is 20.4 Å². The Morgan fingerprint density at radius 3 is 2.83 bits per heavy atom. The highest BCUT2D eigenvalue weighted by molar-refractivity contribution is 5.56. The molecule has 4 heteroatoms. The summed E-state index contributed by atoms with van der Waals surface area (Å²) in [5.41, 5.74) is 2.94. The first-order valence-electron chi connectivity index (χ1n) is 3.64. The van der Waals surface area contributed by atoms with Gasteiger partial charge in [-0.3, -0.25) is 4.98 Å². The lowest BCUT2D eigenvalue weighted by molar-refractivity contribution is 0.942. The van der Waals surface area contributed by atoms with E-state index >= 15 is 0 Å². The number of aromatic nitrogens is 4. The fourth-order valence-electron chi connectivity index (χ4n) is 1.04. The van der Waals surface area contributed by atoms with Crippen molar-refractivity contribution in [2.24, 2.45) is 0 Å². The predicted octanol–water partition coefficient (Wildman–Crippen LogP) is 1.18. The highest BCUT2D eigenvalue weighted by Crippen LogP contribution is 2.13. The summed E-state index contributed by atoms with van der Waals surface area (Å²) in [6.07, 6.45) is 5.25. The van der Waals surface area contributed by atoms with Crippen LogP contribution in [0.3, 0.4) is 0 Å². The first kappa shape index (κ1) is 6.97. The number of hydrogen-bond donors (Lipinski definition) is 1. The summed E-state index contributed by atoms with van der Waals surface area (Å²) in [6, 6.07) is 2.02. The van der Waals surface area contributed by atoms with Crippen molar-refractivity contribution >= 4 is 0 Å². The minimum absolute atomic E-state index is 0.825. The Bertz CT molecular complexity index is 366. The second kappa shape index (κ2) is 2.73. The van der Waals surface area contributed by atoms with Crippen molar-refractivity contribution in [2.45, 2.75) is 6.92 Å². The molecule has 12 heavy (non-hydrogen) atoms. The molecule has 0 radical (unpaired) electrons. The molecule has 0 amide bonds. The number of nitrogens with one attached hydrogen (secondary N) is 1. The van der Waals surface area contributed by atoms with Crippen LogP contribution in [0.4, 0.5) is 0 Å². The minimum Gasteiger partial charge on any atom is -0.264 e. The first-order chi connectivity index (χ1) is 5.86. The molecule has 2 aromatic heterocycles. The fraction of sp³-hybridized carbons (Fsp3) is 0.125. The van der Waals surface area contributed by atoms with E-state index in [9.17, 15) is 0 Å². The summed E-state index contributed by atoms with van der Waals surface area (Å²) in [4.78, 5) is 4.06. The van der Waals surface area contributed by atoms with Crippen molar-refractivity contribution in [2.75, 3.05) is 0 Å². The standard InChI is InChI=1S/C8H8N4/c1-6-2-7(4-9-3-6)8-5-10-12-11-8/h2-5H,1H3,(H,10,11,12). The van der Waals surface area contributed by atoms with Gasteiger partial charge in [-0.25, -0.2) is 0 Å². The molecule has 0 fully saturated rings. The van der Waals surface area contributed by atoms with E-state index < -0.39 is 0 Å². The van der Waals surface area contributed by atoms with Crippen molar-refractivity contribution in [3.8, 4) is 11.3 Å². The lowest BCUT2D eigenvalue weighted by atomic mass is 10.2. The molecule has 0 saturated carbocycles. The molecule has 0 spiro atoms. The third-order valence-corrected chi connectivity index (χ3v) is 1.59. The topological polar surface area (TPSA) is 54.5 Å². The van der Waals surface area contributed by atoms with Crippen LogP contribution in [0.25, 0.3) is 11.3 Å². The molecule has 0 atom stereocenters. The van der Waals surface area contributed by atoms with Crippen molar-refractivity contribution in [1.82, 2.24) is 20.4 Å². The summed E-state index contributed by atoms with van der Waals surface area (Å²) < 4.78 is 0. The van der Waals surface area contributed by atoms with Crippen molar-refractivity contribution in [3.63, 3.8) is 0 Å². The Morgan fingerprint density at radius 1 is 1.25 bits per heavy atom. The van der Waals surface area contributed by atoms with Crippen molar-refractivity contribution in [1.29, 1.82) is 0 Å². The Kier molecular flexibility index (Phi) is 1.59. The van der Waals surface area contributed by atoms with E-state index in [0.717, 1.165) is 16.8 Å². The highest BCUT2D eigenvalue weighted by Gasteiger charge is 1.99. The van der Waals surface area contributed by atoms with Crippen molar-refractivity contribution < 1.29 is 0 Å². The van der Waals surface area contributed by atoms with Gasteiger partial charge in [-0.05, 0) is 18.6 Å². The molecule has 4 nitrogen and oxygen atoms in total. The van der Waals surface area contributed by atoms with Gasteiger partial charge < -0.3 is 0 Å². The largest absolute Gasteiger partial charge is 0.264 e. The van der Waals surface area contributed by atoms with Crippen LogP contribution in [0.2, 0.25) is 0 Å². The molecular weight excluding hydrogens is 152 g/mol. The number of aryl methyl sites for hydroxylation is 1. The van der Waals surface area contributed by atoms with Gasteiger partial charge in [0.25, 0.3) is 0 Å². The third-order valence-electron chi connectivity index (χ3n) is 1.59. The van der Waals surface area contributed by atoms with E-state index in [1.54, 1.807) is 12.4 Å². The zero-order valence-electron chi connectivity index (χ0n) is 6.65. The van der Waals surface area contributed by atoms with E-state index in [0.29, 0.717) is 0 Å². The van der Waals surface area contributed by atoms with Crippen LogP contribution in [0.1, 0.15) is 5.56 Å². The van der Waals surface area contributed by atoms with Gasteiger partial charge in [0.1, 0.15) is 5.69 Å². The van der Waals surface area contributed by atoms with Gasteiger partial charge in [-0.2, -0.15) is 15.4 Å². The number of pyridine rings is 1. The maximum Gasteiger partial charge on any atom is 0.114 e. The summed E-state index contributed by atoms with van der Waals surface area (Å²) in [7, 11) is 0. The van der Waals surface area contributed by atoms with Gasteiger partial charge in [-0.1, -0.05) is 0 Å². The average Bonchev–Trinajstić information content (AvgIpc) is 2.56. The molecule has 60 valence electrons. The zero-order chi connectivity index (χ0) is 8.39. The molecule has 0 unspecified atom stereocenters. The molecule has 2 aromatic rings. The van der Waals surface area contributed by atoms with Crippen LogP contribution in [-0.2, 0) is 0 Å². The van der Waals surface area contributed by atoms with Crippen LogP contribution >= 0.6 is 0 Å². The van der Waals surface area contributed by atoms with Gasteiger partial charge in [0, 0.05) is 18.0 Å². The molecule has 0 aliphatic heterocycles. The van der Waals surface area contributed by atoms with Gasteiger partial charge in [0.2, 0.25) is 0 Å².